The molecule has 0 aromatic rings. The van der Waals surface area contributed by atoms with Crippen LogP contribution < -0.4 is 0 Å². The lowest BCUT2D eigenvalue weighted by Crippen LogP contribution is -2.37. The molecule has 0 radical (unpaired) electrons. The van der Waals surface area contributed by atoms with Crippen molar-refractivity contribution in [3.8, 4) is 0 Å². The third kappa shape index (κ3) is 38.2. The zero-order valence-electron chi connectivity index (χ0n) is 34.3. The largest absolute Gasteiger partial charge is 0.472 e. The maximum absolute atomic E-state index is 12.5. The van der Waals surface area contributed by atoms with Gasteiger partial charge in [0.25, 0.3) is 0 Å². The molecule has 0 fully saturated rings. The highest BCUT2D eigenvalue weighted by atomic mass is 31.2. The number of ether oxygens (including phenoxy) is 2. The summed E-state index contributed by atoms with van der Waals surface area (Å²) in [6.45, 7) is 4.30. The molecule has 1 unspecified atom stereocenters. The first kappa shape index (κ1) is 50.5. The molecule has 0 saturated carbocycles. The number of allylic oxidation sites excluding steroid dienone is 3. The van der Waals surface area contributed by atoms with Gasteiger partial charge in [-0.15, -0.1) is 0 Å². The Morgan fingerprint density at radius 1 is 0.635 bits per heavy atom. The van der Waals surface area contributed by atoms with E-state index in [1.807, 2.05) is 33.3 Å². The van der Waals surface area contributed by atoms with Gasteiger partial charge in [-0.3, -0.25) is 13.8 Å². The molecule has 306 valence electrons. The van der Waals surface area contributed by atoms with Gasteiger partial charge in [-0.2, -0.15) is 0 Å². The maximum Gasteiger partial charge on any atom is 0.472 e. The number of quaternary nitrogens is 1. The standard InChI is InChI=1S/C42H80NO8P/c1-6-8-10-12-14-16-18-20-21-23-25-27-29-31-33-35-42(45)51-40(39-50-52(46,47)49-37-36-43(3,4)5)38-48-41(44)34-32-30-28-26-24-22-19-17-15-13-11-9-7-2/h29,31,33,35,40H,6-28,30,32,34,36-39H2,1-5H3/p+1/b31-29-,35-33-/t40-/m1/s1. The van der Waals surface area contributed by atoms with E-state index >= 15 is 0 Å². The molecule has 52 heavy (non-hydrogen) atoms. The average molecular weight is 759 g/mol. The van der Waals surface area contributed by atoms with E-state index in [0.717, 1.165) is 32.1 Å². The highest BCUT2D eigenvalue weighted by molar-refractivity contribution is 7.47. The summed E-state index contributed by atoms with van der Waals surface area (Å²) in [4.78, 5) is 35.1. The van der Waals surface area contributed by atoms with Crippen molar-refractivity contribution < 1.29 is 42.1 Å². The zero-order chi connectivity index (χ0) is 38.6. The van der Waals surface area contributed by atoms with Gasteiger partial charge in [0.05, 0.1) is 27.7 Å². The van der Waals surface area contributed by atoms with E-state index in [-0.39, 0.29) is 19.6 Å². The minimum Gasteiger partial charge on any atom is -0.462 e. The molecule has 0 spiro atoms. The van der Waals surface area contributed by atoms with Gasteiger partial charge in [-0.25, -0.2) is 9.36 Å². The smallest absolute Gasteiger partial charge is 0.462 e. The molecule has 9 nitrogen and oxygen atoms in total. The molecular weight excluding hydrogens is 677 g/mol. The molecule has 2 atom stereocenters. The molecule has 0 rings (SSSR count). The van der Waals surface area contributed by atoms with Crippen molar-refractivity contribution in [3.05, 3.63) is 24.3 Å². The molecule has 0 aliphatic rings. The Morgan fingerprint density at radius 3 is 1.58 bits per heavy atom. The van der Waals surface area contributed by atoms with Crippen LogP contribution in [0.3, 0.4) is 0 Å². The second-order valence-electron chi connectivity index (χ2n) is 15.5. The van der Waals surface area contributed by atoms with E-state index in [4.69, 9.17) is 18.5 Å². The molecule has 0 heterocycles. The SMILES string of the molecule is CCCCCCCCCCCCC/C=C\C=C/C(=O)O[C@H](COC(=O)CCCCCCCCCCCCCCC)COP(=O)(O)OCC[N+](C)(C)C. The third-order valence-electron chi connectivity index (χ3n) is 9.09. The van der Waals surface area contributed by atoms with Crippen LogP contribution in [0, 0.1) is 0 Å². The quantitative estimate of drug-likeness (QED) is 0.0166. The molecular formula is C42H81NO8P+. The van der Waals surface area contributed by atoms with Gasteiger partial charge < -0.3 is 18.9 Å². The fourth-order valence-electron chi connectivity index (χ4n) is 5.74. The van der Waals surface area contributed by atoms with Crippen molar-refractivity contribution in [1.82, 2.24) is 0 Å². The van der Waals surface area contributed by atoms with Crippen LogP contribution >= 0.6 is 7.82 Å². The summed E-state index contributed by atoms with van der Waals surface area (Å²) in [6, 6.07) is 0. The fourth-order valence-corrected chi connectivity index (χ4v) is 6.49. The van der Waals surface area contributed by atoms with Gasteiger partial charge in [0.15, 0.2) is 6.10 Å². The van der Waals surface area contributed by atoms with Gasteiger partial charge in [-0.1, -0.05) is 173 Å². The Labute approximate surface area is 319 Å². The van der Waals surface area contributed by atoms with Crippen molar-refractivity contribution >= 4 is 19.8 Å². The molecule has 1 N–H and O–H groups in total. The first-order chi connectivity index (χ1) is 25.0. The Balaban J connectivity index is 4.48. The topological polar surface area (TPSA) is 108 Å². The van der Waals surface area contributed by atoms with Gasteiger partial charge in [0.1, 0.15) is 19.8 Å². The predicted octanol–water partition coefficient (Wildman–Crippen LogP) is 11.6. The lowest BCUT2D eigenvalue weighted by Gasteiger charge is -2.24. The highest BCUT2D eigenvalue weighted by Crippen LogP contribution is 2.43. The zero-order valence-corrected chi connectivity index (χ0v) is 35.2. The highest BCUT2D eigenvalue weighted by Gasteiger charge is 2.26. The number of phosphoric acid groups is 1. The summed E-state index contributed by atoms with van der Waals surface area (Å²) in [6.07, 6.45) is 37.1. The second kappa shape index (κ2) is 35.2. The van der Waals surface area contributed by atoms with Crippen LogP contribution in [0.1, 0.15) is 181 Å². The van der Waals surface area contributed by atoms with Gasteiger partial charge >= 0.3 is 19.8 Å². The fraction of sp³-hybridized carbons (Fsp3) is 0.857. The van der Waals surface area contributed by atoms with Crippen molar-refractivity contribution in [3.63, 3.8) is 0 Å². The normalized spacial score (nSPS) is 13.9. The molecule has 0 amide bonds. The van der Waals surface area contributed by atoms with E-state index in [2.05, 4.69) is 13.8 Å². The number of esters is 2. The number of nitrogens with zero attached hydrogens (tertiary/aromatic N) is 1. The van der Waals surface area contributed by atoms with Crippen molar-refractivity contribution in [2.45, 2.75) is 187 Å². The van der Waals surface area contributed by atoms with E-state index in [0.29, 0.717) is 11.0 Å². The summed E-state index contributed by atoms with van der Waals surface area (Å²) in [5.74, 6) is -1.05. The summed E-state index contributed by atoms with van der Waals surface area (Å²) >= 11 is 0. The lowest BCUT2D eigenvalue weighted by molar-refractivity contribution is -0.870. The maximum atomic E-state index is 12.5. The molecule has 0 aliphatic carbocycles. The molecule has 0 bridgehead atoms. The first-order valence-corrected chi connectivity index (χ1v) is 22.6. The third-order valence-corrected chi connectivity index (χ3v) is 10.1. The number of carbonyl (C=O) groups excluding carboxylic acids is 2. The average Bonchev–Trinajstić information content (AvgIpc) is 3.09. The summed E-state index contributed by atoms with van der Waals surface area (Å²) in [5.41, 5.74) is 0. The van der Waals surface area contributed by atoms with Crippen molar-refractivity contribution in [1.29, 1.82) is 0 Å². The number of phosphoric ester groups is 1. The Kier molecular flexibility index (Phi) is 34.2. The van der Waals surface area contributed by atoms with Crippen LogP contribution in [0.15, 0.2) is 24.3 Å². The number of carbonyl (C=O) groups is 2. The van der Waals surface area contributed by atoms with Crippen molar-refractivity contribution in [2.75, 3.05) is 47.5 Å². The molecule has 0 aromatic carbocycles. The molecule has 10 heteroatoms. The summed E-state index contributed by atoms with van der Waals surface area (Å²) in [7, 11) is 1.43. The number of unbranched alkanes of at least 4 members (excludes halogenated alkanes) is 23. The number of hydrogen-bond acceptors (Lipinski definition) is 7. The van der Waals surface area contributed by atoms with Gasteiger partial charge in [-0.05, 0) is 19.3 Å². The second-order valence-corrected chi connectivity index (χ2v) is 16.9. The predicted molar refractivity (Wildman–Crippen MR) is 215 cm³/mol. The van der Waals surface area contributed by atoms with E-state index in [1.165, 1.54) is 134 Å². The number of rotatable bonds is 38. The van der Waals surface area contributed by atoms with E-state index in [9.17, 15) is 19.0 Å². The summed E-state index contributed by atoms with van der Waals surface area (Å²) in [5, 5.41) is 0. The van der Waals surface area contributed by atoms with E-state index < -0.39 is 32.5 Å². The Hall–Kier alpha value is -1.51. The molecule has 0 aromatic heterocycles. The Morgan fingerprint density at radius 2 is 1.10 bits per heavy atom. The van der Waals surface area contributed by atoms with Crippen LogP contribution in [0.2, 0.25) is 0 Å². The lowest BCUT2D eigenvalue weighted by atomic mass is 10.0. The van der Waals surface area contributed by atoms with Crippen LogP contribution in [0.4, 0.5) is 0 Å². The summed E-state index contributed by atoms with van der Waals surface area (Å²) < 4.78 is 34.0. The monoisotopic (exact) mass is 759 g/mol. The van der Waals surface area contributed by atoms with Crippen LogP contribution in [-0.4, -0.2) is 74.9 Å². The van der Waals surface area contributed by atoms with Crippen LogP contribution in [0.25, 0.3) is 0 Å². The van der Waals surface area contributed by atoms with Crippen LogP contribution in [-0.2, 0) is 32.7 Å². The van der Waals surface area contributed by atoms with Crippen molar-refractivity contribution in [2.24, 2.45) is 0 Å². The first-order valence-electron chi connectivity index (χ1n) is 21.1. The molecule has 0 saturated heterocycles. The minimum absolute atomic E-state index is 0.0180. The minimum atomic E-state index is -4.39. The molecule has 0 aliphatic heterocycles. The van der Waals surface area contributed by atoms with Gasteiger partial charge in [0, 0.05) is 12.5 Å². The number of hydrogen-bond donors (Lipinski definition) is 1. The van der Waals surface area contributed by atoms with Crippen LogP contribution in [0.5, 0.6) is 0 Å². The van der Waals surface area contributed by atoms with Gasteiger partial charge in [0.2, 0.25) is 0 Å². The van der Waals surface area contributed by atoms with E-state index in [1.54, 1.807) is 6.08 Å². The number of likely N-dealkylation sites (N-methyl/N-ethyl adjacent to an activating group) is 1. The Bertz CT molecular complexity index is 949.